The van der Waals surface area contributed by atoms with Gasteiger partial charge >= 0.3 is 0 Å². The summed E-state index contributed by atoms with van der Waals surface area (Å²) in [5.74, 6) is 0. The lowest BCUT2D eigenvalue weighted by atomic mass is 10.0. The lowest BCUT2D eigenvalue weighted by Gasteiger charge is -2.06. The maximum atomic E-state index is 5.10. The largest absolute Gasteiger partial charge is 0.355 e. The third kappa shape index (κ3) is 4.94. The van der Waals surface area contributed by atoms with Gasteiger partial charge in [0.05, 0.1) is 22.8 Å². The van der Waals surface area contributed by atoms with Gasteiger partial charge in [-0.25, -0.2) is 9.97 Å². The van der Waals surface area contributed by atoms with Crippen LogP contribution in [0.25, 0.3) is 89.5 Å². The summed E-state index contributed by atoms with van der Waals surface area (Å²) in [7, 11) is 0. The normalized spacial score (nSPS) is 12.2. The van der Waals surface area contributed by atoms with E-state index in [4.69, 9.17) is 9.97 Å². The Hall–Kier alpha value is -5.56. The topological polar surface area (TPSA) is 57.4 Å². The number of rotatable bonds is 4. The van der Waals surface area contributed by atoms with Crippen molar-refractivity contribution in [3.8, 4) is 43.1 Å². The van der Waals surface area contributed by atoms with Crippen LogP contribution in [0, 0.1) is 0 Å². The highest BCUT2D eigenvalue weighted by molar-refractivity contribution is 7.13. The first-order valence-corrected chi connectivity index (χ1v) is 16.9. The molecular formula is C40H26N4S2. The van der Waals surface area contributed by atoms with E-state index in [9.17, 15) is 0 Å². The van der Waals surface area contributed by atoms with Gasteiger partial charge in [0.2, 0.25) is 0 Å². The van der Waals surface area contributed by atoms with Gasteiger partial charge in [0.1, 0.15) is 0 Å². The minimum Gasteiger partial charge on any atom is -0.355 e. The van der Waals surface area contributed by atoms with Gasteiger partial charge in [0, 0.05) is 42.9 Å². The zero-order valence-corrected chi connectivity index (χ0v) is 26.2. The molecule has 0 saturated heterocycles. The average molecular weight is 627 g/mol. The molecule has 2 aliphatic heterocycles. The number of thiophene rings is 2. The molecule has 7 heterocycles. The number of hydrogen-bond acceptors (Lipinski definition) is 4. The number of fused-ring (bicyclic) bond motifs is 8. The Morgan fingerprint density at radius 1 is 0.435 bits per heavy atom. The fourth-order valence-electron chi connectivity index (χ4n) is 6.17. The van der Waals surface area contributed by atoms with Crippen LogP contribution in [-0.2, 0) is 0 Å². The standard InChI is InChI=1S/C40H26N4S2/c1-3-37(45-21-1)25-5-9-27(10-6-25)39-33-17-13-29(41-33)23-31-15-19-35(43-31)40(28-11-7-26(8-12-28)38-4-2-22-46-38)36-20-16-32(44-36)24-30-14-18-34(39)42-30/h1-24,41,44H. The van der Waals surface area contributed by atoms with Crippen LogP contribution in [0.1, 0.15) is 22.8 Å². The van der Waals surface area contributed by atoms with Crippen LogP contribution in [0.4, 0.5) is 0 Å². The minimum absolute atomic E-state index is 0.900. The van der Waals surface area contributed by atoms with Gasteiger partial charge in [-0.3, -0.25) is 0 Å². The van der Waals surface area contributed by atoms with E-state index >= 15 is 0 Å². The van der Waals surface area contributed by atoms with E-state index < -0.39 is 0 Å². The molecule has 5 aromatic heterocycles. The van der Waals surface area contributed by atoms with Gasteiger partial charge in [0.15, 0.2) is 0 Å². The van der Waals surface area contributed by atoms with Crippen molar-refractivity contribution in [3.05, 3.63) is 143 Å². The van der Waals surface area contributed by atoms with E-state index in [0.717, 1.165) is 67.1 Å². The highest BCUT2D eigenvalue weighted by Gasteiger charge is 2.14. The SMILES string of the molecule is C1=Cc2nc1cc1ccc([nH]1)c(-c1ccc(-c3cccs3)cc1)c1nc(cc3ccc([nH]3)c2-c2ccc(-c3cccs3)cc2)C=C1. The van der Waals surface area contributed by atoms with Crippen molar-refractivity contribution in [1.29, 1.82) is 0 Å². The first-order valence-electron chi connectivity index (χ1n) is 15.1. The highest BCUT2D eigenvalue weighted by Crippen LogP contribution is 2.35. The summed E-state index contributed by atoms with van der Waals surface area (Å²) in [6.07, 6.45) is 8.39. The molecule has 0 unspecified atom stereocenters. The molecule has 2 aliphatic rings. The summed E-state index contributed by atoms with van der Waals surface area (Å²) in [5.41, 5.74) is 14.4. The molecule has 0 atom stereocenters. The Balaban J connectivity index is 1.24. The van der Waals surface area contributed by atoms with Crippen molar-refractivity contribution >= 4 is 69.0 Å². The predicted molar refractivity (Wildman–Crippen MR) is 196 cm³/mol. The van der Waals surface area contributed by atoms with Crippen molar-refractivity contribution in [2.45, 2.75) is 0 Å². The first kappa shape index (κ1) is 26.8. The second-order valence-electron chi connectivity index (χ2n) is 11.3. The van der Waals surface area contributed by atoms with E-state index in [1.165, 1.54) is 20.9 Å². The van der Waals surface area contributed by atoms with E-state index in [2.05, 4.69) is 154 Å². The Bertz CT molecular complexity index is 2270. The van der Waals surface area contributed by atoms with Crippen molar-refractivity contribution in [2.24, 2.45) is 0 Å². The fourth-order valence-corrected chi connectivity index (χ4v) is 7.63. The molecule has 8 bridgehead atoms. The van der Waals surface area contributed by atoms with E-state index in [0.29, 0.717) is 0 Å². The Labute approximate surface area is 273 Å². The van der Waals surface area contributed by atoms with Crippen molar-refractivity contribution in [3.63, 3.8) is 0 Å². The maximum absolute atomic E-state index is 5.10. The van der Waals surface area contributed by atoms with Crippen molar-refractivity contribution < 1.29 is 0 Å². The molecule has 2 aromatic carbocycles. The van der Waals surface area contributed by atoms with Gasteiger partial charge in [-0.1, -0.05) is 60.7 Å². The summed E-state index contributed by atoms with van der Waals surface area (Å²) in [5, 5.41) is 4.23. The Morgan fingerprint density at radius 2 is 0.870 bits per heavy atom. The van der Waals surface area contributed by atoms with E-state index in [1.54, 1.807) is 22.7 Å². The van der Waals surface area contributed by atoms with Crippen LogP contribution in [0.5, 0.6) is 0 Å². The molecular weight excluding hydrogens is 601 g/mol. The summed E-state index contributed by atoms with van der Waals surface area (Å²) in [4.78, 5) is 20.0. The molecule has 0 spiro atoms. The second-order valence-corrected chi connectivity index (χ2v) is 13.2. The third-order valence-electron chi connectivity index (χ3n) is 8.36. The molecule has 7 aromatic rings. The number of aromatic amines is 2. The number of nitrogens with one attached hydrogen (secondary N) is 2. The predicted octanol–water partition coefficient (Wildman–Crippen LogP) is 11.4. The Kier molecular flexibility index (Phi) is 6.47. The van der Waals surface area contributed by atoms with Crippen molar-refractivity contribution in [2.75, 3.05) is 0 Å². The molecule has 0 saturated carbocycles. The number of hydrogen-bond donors (Lipinski definition) is 2. The molecule has 2 N–H and O–H groups in total. The molecule has 0 aliphatic carbocycles. The zero-order chi connectivity index (χ0) is 30.5. The lowest BCUT2D eigenvalue weighted by Crippen LogP contribution is -1.86. The van der Waals surface area contributed by atoms with Crippen LogP contribution < -0.4 is 0 Å². The summed E-state index contributed by atoms with van der Waals surface area (Å²) < 4.78 is 0. The Morgan fingerprint density at radius 3 is 1.28 bits per heavy atom. The van der Waals surface area contributed by atoms with Crippen LogP contribution in [-0.4, -0.2) is 19.9 Å². The quantitative estimate of drug-likeness (QED) is 0.204. The van der Waals surface area contributed by atoms with Crippen LogP contribution >= 0.6 is 22.7 Å². The summed E-state index contributed by atoms with van der Waals surface area (Å²) in [6, 6.07) is 38.7. The zero-order valence-electron chi connectivity index (χ0n) is 24.6. The first-order chi connectivity index (χ1) is 22.7. The van der Waals surface area contributed by atoms with Crippen LogP contribution in [0.15, 0.2) is 120 Å². The summed E-state index contributed by atoms with van der Waals surface area (Å²) >= 11 is 3.51. The van der Waals surface area contributed by atoms with Crippen LogP contribution in [0.2, 0.25) is 0 Å². The van der Waals surface area contributed by atoms with Gasteiger partial charge in [-0.05, 0) is 106 Å². The monoisotopic (exact) mass is 626 g/mol. The lowest BCUT2D eigenvalue weighted by molar-refractivity contribution is 1.31. The van der Waals surface area contributed by atoms with Crippen molar-refractivity contribution in [1.82, 2.24) is 19.9 Å². The van der Waals surface area contributed by atoms with Gasteiger partial charge in [-0.2, -0.15) is 0 Å². The molecule has 6 heteroatoms. The second kappa shape index (κ2) is 11.1. The van der Waals surface area contributed by atoms with Crippen LogP contribution in [0.3, 0.4) is 0 Å². The average Bonchev–Trinajstić information content (AvgIpc) is 3.92. The smallest absolute Gasteiger partial charge is 0.0736 e. The van der Waals surface area contributed by atoms with E-state index in [-0.39, 0.29) is 0 Å². The molecule has 218 valence electrons. The van der Waals surface area contributed by atoms with Gasteiger partial charge in [0.25, 0.3) is 0 Å². The minimum atomic E-state index is 0.900. The molecule has 46 heavy (non-hydrogen) atoms. The van der Waals surface area contributed by atoms with Gasteiger partial charge < -0.3 is 9.97 Å². The maximum Gasteiger partial charge on any atom is 0.0736 e. The number of H-pyrrole nitrogens is 2. The molecule has 0 amide bonds. The number of aromatic nitrogens is 4. The highest BCUT2D eigenvalue weighted by atomic mass is 32.1. The number of nitrogens with zero attached hydrogens (tertiary/aromatic N) is 2. The molecule has 4 nitrogen and oxygen atoms in total. The van der Waals surface area contributed by atoms with Gasteiger partial charge in [-0.15, -0.1) is 22.7 Å². The molecule has 9 rings (SSSR count). The molecule has 0 fully saturated rings. The number of benzene rings is 2. The third-order valence-corrected chi connectivity index (χ3v) is 10.2. The van der Waals surface area contributed by atoms with E-state index in [1.807, 2.05) is 0 Å². The summed E-state index contributed by atoms with van der Waals surface area (Å²) in [6.45, 7) is 0. The molecule has 0 radical (unpaired) electrons. The fraction of sp³-hybridized carbons (Fsp3) is 0.